The Balaban J connectivity index is 0.000000512. The Kier molecular flexibility index (Phi) is 14.1. The fraction of sp³-hybridized carbons (Fsp3) is 0.571. The molecule has 3 aromatic rings. The summed E-state index contributed by atoms with van der Waals surface area (Å²) in [6.45, 7) is 35.3. The van der Waals surface area contributed by atoms with Crippen molar-refractivity contribution in [2.45, 2.75) is 144 Å². The van der Waals surface area contributed by atoms with E-state index in [2.05, 4.69) is 151 Å². The van der Waals surface area contributed by atoms with Gasteiger partial charge in [0.1, 0.15) is 0 Å². The Morgan fingerprint density at radius 3 is 1.22 bits per heavy atom. The predicted octanol–water partition coefficient (Wildman–Crippen LogP) is 11.7. The van der Waals surface area contributed by atoms with Crippen molar-refractivity contribution in [3.8, 4) is 11.5 Å². The van der Waals surface area contributed by atoms with Gasteiger partial charge < -0.3 is 12.3 Å². The number of aryl methyl sites for hydroxylation is 3. The molecule has 0 N–H and O–H groups in total. The molecule has 0 aliphatic carbocycles. The SMILES string of the molecule is CCOCCCc1ccccc1.Cc1cc(C(C)(C)C)c([O][Al]([CH3])[O]c2c(C(C)(C)C)cc(C)cc2C(C)(C)C)c(C(C)(C)C)c1. The second kappa shape index (κ2) is 16.2. The first kappa shape index (κ1) is 39.9. The van der Waals surface area contributed by atoms with Crippen LogP contribution in [0.25, 0.3) is 0 Å². The molecule has 0 unspecified atom stereocenters. The number of benzene rings is 3. The zero-order valence-corrected chi connectivity index (χ0v) is 33.5. The lowest BCUT2D eigenvalue weighted by atomic mass is 9.78. The monoisotopic (exact) mass is 644 g/mol. The fourth-order valence-electron chi connectivity index (χ4n) is 5.55. The van der Waals surface area contributed by atoms with Crippen LogP contribution < -0.4 is 7.58 Å². The molecule has 0 bridgehead atoms. The van der Waals surface area contributed by atoms with Crippen LogP contribution in [0.5, 0.6) is 11.5 Å². The molecule has 0 aliphatic rings. The summed E-state index contributed by atoms with van der Waals surface area (Å²) in [5, 5.41) is 0. The van der Waals surface area contributed by atoms with Crippen molar-refractivity contribution in [2.75, 3.05) is 13.2 Å². The number of hydrogen-bond acceptors (Lipinski definition) is 3. The van der Waals surface area contributed by atoms with Gasteiger partial charge in [0.25, 0.3) is 0 Å². The first-order valence-corrected chi connectivity index (χ1v) is 19.4. The van der Waals surface area contributed by atoms with E-state index in [4.69, 9.17) is 12.3 Å². The van der Waals surface area contributed by atoms with Crippen LogP contribution in [0.4, 0.5) is 0 Å². The van der Waals surface area contributed by atoms with Crippen molar-refractivity contribution in [3.05, 3.63) is 93.5 Å². The molecule has 254 valence electrons. The molecule has 3 aromatic carbocycles. The maximum atomic E-state index is 6.87. The van der Waals surface area contributed by atoms with Crippen LogP contribution in [-0.4, -0.2) is 28.0 Å². The van der Waals surface area contributed by atoms with Gasteiger partial charge in [-0.25, -0.2) is 0 Å². The van der Waals surface area contributed by atoms with Crippen molar-refractivity contribution in [1.82, 2.24) is 0 Å². The quantitative estimate of drug-likeness (QED) is 0.171. The molecule has 0 fully saturated rings. The van der Waals surface area contributed by atoms with Crippen LogP contribution in [0.1, 0.15) is 135 Å². The maximum Gasteiger partial charge on any atom is 0.853 e. The molecule has 3 rings (SSSR count). The van der Waals surface area contributed by atoms with E-state index in [0.29, 0.717) is 0 Å². The highest BCUT2D eigenvalue weighted by molar-refractivity contribution is 6.44. The molecule has 0 radical (unpaired) electrons. The second-order valence-electron chi connectivity index (χ2n) is 17.0. The van der Waals surface area contributed by atoms with E-state index in [1.807, 2.05) is 13.0 Å². The van der Waals surface area contributed by atoms with E-state index in [9.17, 15) is 0 Å². The normalized spacial score (nSPS) is 12.3. The second-order valence-corrected chi connectivity index (χ2v) is 18.6. The van der Waals surface area contributed by atoms with Crippen LogP contribution in [-0.2, 0) is 32.8 Å². The topological polar surface area (TPSA) is 27.7 Å². The lowest BCUT2D eigenvalue weighted by Gasteiger charge is -2.34. The summed E-state index contributed by atoms with van der Waals surface area (Å²) in [6, 6.07) is 19.7. The molecule has 0 atom stereocenters. The Labute approximate surface area is 288 Å². The molecule has 0 heterocycles. The highest BCUT2D eigenvalue weighted by Gasteiger charge is 2.36. The highest BCUT2D eigenvalue weighted by atomic mass is 27.2. The van der Waals surface area contributed by atoms with Crippen molar-refractivity contribution >= 4 is 14.8 Å². The van der Waals surface area contributed by atoms with Gasteiger partial charge in [0, 0.05) is 13.2 Å². The molecule has 0 aliphatic heterocycles. The van der Waals surface area contributed by atoms with Crippen LogP contribution >= 0.6 is 0 Å². The Hall–Kier alpha value is -2.25. The number of rotatable bonds is 9. The van der Waals surface area contributed by atoms with Gasteiger partial charge >= 0.3 is 14.8 Å². The van der Waals surface area contributed by atoms with Gasteiger partial charge in [-0.2, -0.15) is 0 Å². The Morgan fingerprint density at radius 1 is 0.565 bits per heavy atom. The minimum Gasteiger partial charge on any atom is -0.611 e. The van der Waals surface area contributed by atoms with Gasteiger partial charge in [-0.05, 0) is 88.9 Å². The molecular formula is C42H65AlO3. The van der Waals surface area contributed by atoms with Crippen LogP contribution in [0, 0.1) is 13.8 Å². The lowest BCUT2D eigenvalue weighted by Crippen LogP contribution is -2.32. The largest absolute Gasteiger partial charge is 0.853 e. The van der Waals surface area contributed by atoms with Crippen molar-refractivity contribution in [3.63, 3.8) is 0 Å². The van der Waals surface area contributed by atoms with Crippen molar-refractivity contribution in [2.24, 2.45) is 0 Å². The summed E-state index contributed by atoms with van der Waals surface area (Å²) in [6.07, 6.45) is 2.25. The molecule has 3 nitrogen and oxygen atoms in total. The summed E-state index contributed by atoms with van der Waals surface area (Å²) in [5.41, 5.74) is 8.91. The number of hydrogen-bond donors (Lipinski definition) is 0. The number of ether oxygens (including phenoxy) is 1. The van der Waals surface area contributed by atoms with Gasteiger partial charge in [-0.3, -0.25) is 0 Å². The molecule has 0 amide bonds. The third kappa shape index (κ3) is 12.1. The molecular weight excluding hydrogens is 579 g/mol. The summed E-state index contributed by atoms with van der Waals surface area (Å²) >= 11 is -2.09. The van der Waals surface area contributed by atoms with Gasteiger partial charge in [0.2, 0.25) is 0 Å². The smallest absolute Gasteiger partial charge is 0.611 e. The molecule has 4 heteroatoms. The average Bonchev–Trinajstić information content (AvgIpc) is 2.91. The minimum absolute atomic E-state index is 0.0214. The first-order valence-electron chi connectivity index (χ1n) is 17.3. The molecule has 0 saturated carbocycles. The molecule has 0 aromatic heterocycles. The van der Waals surface area contributed by atoms with Crippen LogP contribution in [0.15, 0.2) is 54.6 Å². The lowest BCUT2D eigenvalue weighted by molar-refractivity contribution is 0.145. The maximum absolute atomic E-state index is 6.87. The predicted molar refractivity (Wildman–Crippen MR) is 201 cm³/mol. The average molecular weight is 645 g/mol. The first-order chi connectivity index (χ1) is 21.1. The molecule has 0 saturated heterocycles. The van der Waals surface area contributed by atoms with Crippen LogP contribution in [0.2, 0.25) is 5.79 Å². The van der Waals surface area contributed by atoms with Gasteiger partial charge in [0.05, 0.1) is 11.5 Å². The van der Waals surface area contributed by atoms with E-state index in [1.165, 1.54) is 38.9 Å². The Bertz CT molecular complexity index is 1230. The third-order valence-electron chi connectivity index (χ3n) is 8.07. The Morgan fingerprint density at radius 2 is 0.913 bits per heavy atom. The van der Waals surface area contributed by atoms with Gasteiger partial charge in [0.15, 0.2) is 0 Å². The van der Waals surface area contributed by atoms with E-state index >= 15 is 0 Å². The third-order valence-corrected chi connectivity index (χ3v) is 9.20. The van der Waals surface area contributed by atoms with Crippen molar-refractivity contribution < 1.29 is 12.3 Å². The zero-order valence-electron chi connectivity index (χ0n) is 32.3. The van der Waals surface area contributed by atoms with Crippen molar-refractivity contribution in [1.29, 1.82) is 0 Å². The fourth-order valence-corrected chi connectivity index (χ4v) is 6.77. The standard InChI is InChI=1S/2C15H24O.C11H16O.CH3.Al/c2*1-10-8-11(14(2,3)4)13(16)12(9-10)15(5,6)7;1-2-12-10-6-9-11-7-4-3-5-8-11;;/h2*8-9,16H,1-7H3;3-5,7-8H,2,6,9-10H2,1H3;1H3;/q;;;;+2/p-2. The minimum atomic E-state index is -2.09. The van der Waals surface area contributed by atoms with Gasteiger partial charge in [-0.15, -0.1) is 0 Å². The zero-order chi connectivity index (χ0) is 35.1. The summed E-state index contributed by atoms with van der Waals surface area (Å²) in [4.78, 5) is 0. The van der Waals surface area contributed by atoms with Gasteiger partial charge in [-0.1, -0.05) is 149 Å². The highest BCUT2D eigenvalue weighted by Crippen LogP contribution is 2.43. The summed E-state index contributed by atoms with van der Waals surface area (Å²) in [7, 11) is 0. The molecule has 0 spiro atoms. The van der Waals surface area contributed by atoms with Crippen LogP contribution in [0.3, 0.4) is 0 Å². The van der Waals surface area contributed by atoms with E-state index < -0.39 is 14.8 Å². The van der Waals surface area contributed by atoms with E-state index in [0.717, 1.165) is 37.6 Å². The summed E-state index contributed by atoms with van der Waals surface area (Å²) in [5.74, 6) is 4.20. The van der Waals surface area contributed by atoms with E-state index in [-0.39, 0.29) is 21.7 Å². The molecule has 46 heavy (non-hydrogen) atoms. The van der Waals surface area contributed by atoms with E-state index in [1.54, 1.807) is 0 Å². The summed E-state index contributed by atoms with van der Waals surface area (Å²) < 4.78 is 19.0.